The first-order valence-corrected chi connectivity index (χ1v) is 3.08. The van der Waals surface area contributed by atoms with Gasteiger partial charge in [-0.25, -0.2) is 0 Å². The van der Waals surface area contributed by atoms with Crippen LogP contribution in [-0.2, 0) is 9.59 Å². The molecule has 0 radical (unpaired) electrons. The minimum atomic E-state index is -0.269. The average molecular weight is 141 g/mol. The fourth-order valence-electron chi connectivity index (χ4n) is 0.575. The van der Waals surface area contributed by atoms with Crippen LogP contribution < -0.4 is 5.73 Å². The van der Waals surface area contributed by atoms with Crippen LogP contribution in [0.1, 0.15) is 20.3 Å². The van der Waals surface area contributed by atoms with E-state index in [0.717, 1.165) is 0 Å². The van der Waals surface area contributed by atoms with Crippen molar-refractivity contribution in [1.29, 1.82) is 0 Å². The van der Waals surface area contributed by atoms with E-state index in [1.807, 2.05) is 0 Å². The molecule has 0 atom stereocenters. The summed E-state index contributed by atoms with van der Waals surface area (Å²) in [6.45, 7) is 3.12. The van der Waals surface area contributed by atoms with Crippen molar-refractivity contribution in [2.75, 3.05) is 0 Å². The van der Waals surface area contributed by atoms with Crippen molar-refractivity contribution in [1.82, 2.24) is 0 Å². The third-order valence-electron chi connectivity index (χ3n) is 1.22. The molecule has 0 bridgehead atoms. The van der Waals surface area contributed by atoms with Gasteiger partial charge in [0.15, 0.2) is 12.1 Å². The number of ketones is 1. The average Bonchev–Trinajstić information content (AvgIpc) is 1.88. The van der Waals surface area contributed by atoms with Gasteiger partial charge in [0.25, 0.3) is 0 Å². The first-order chi connectivity index (χ1) is 4.63. The molecule has 0 heterocycles. The first-order valence-electron chi connectivity index (χ1n) is 3.08. The zero-order valence-electron chi connectivity index (χ0n) is 6.18. The van der Waals surface area contributed by atoms with E-state index < -0.39 is 0 Å². The lowest BCUT2D eigenvalue weighted by molar-refractivity contribution is -0.116. The van der Waals surface area contributed by atoms with Crippen LogP contribution in [0.5, 0.6) is 0 Å². The largest absolute Gasteiger partial charge is 0.401 e. The van der Waals surface area contributed by atoms with E-state index in [1.165, 1.54) is 6.92 Å². The van der Waals surface area contributed by atoms with Crippen LogP contribution in [0.15, 0.2) is 11.3 Å². The van der Waals surface area contributed by atoms with Crippen LogP contribution in [0.4, 0.5) is 0 Å². The summed E-state index contributed by atoms with van der Waals surface area (Å²) in [5, 5.41) is 0. The summed E-state index contributed by atoms with van der Waals surface area (Å²) in [5.74, 6) is -0.269. The molecule has 0 saturated carbocycles. The van der Waals surface area contributed by atoms with Crippen LogP contribution in [0.3, 0.4) is 0 Å². The lowest BCUT2D eigenvalue weighted by Gasteiger charge is -1.97. The molecular formula is C7H11NO2. The Kier molecular flexibility index (Phi) is 3.39. The smallest absolute Gasteiger partial charge is 0.164 e. The van der Waals surface area contributed by atoms with E-state index in [9.17, 15) is 9.59 Å². The number of allylic oxidation sites excluding steroid dienone is 2. The van der Waals surface area contributed by atoms with Gasteiger partial charge in [-0.1, -0.05) is 6.92 Å². The lowest BCUT2D eigenvalue weighted by atomic mass is 10.1. The Morgan fingerprint density at radius 2 is 2.10 bits per heavy atom. The first kappa shape index (κ1) is 8.88. The molecule has 10 heavy (non-hydrogen) atoms. The molecule has 0 saturated heterocycles. The summed E-state index contributed by atoms with van der Waals surface area (Å²) in [6, 6.07) is 0. The molecule has 2 N–H and O–H groups in total. The van der Waals surface area contributed by atoms with Gasteiger partial charge in [-0.05, 0) is 13.3 Å². The van der Waals surface area contributed by atoms with Crippen LogP contribution in [0.2, 0.25) is 0 Å². The molecular weight excluding hydrogens is 130 g/mol. The maximum Gasteiger partial charge on any atom is 0.164 e. The molecule has 0 amide bonds. The van der Waals surface area contributed by atoms with Crippen LogP contribution in [0.25, 0.3) is 0 Å². The highest BCUT2D eigenvalue weighted by atomic mass is 16.1. The number of aldehydes is 1. The molecule has 3 nitrogen and oxygen atoms in total. The Balaban J connectivity index is 4.62. The Morgan fingerprint density at radius 1 is 1.60 bits per heavy atom. The molecule has 0 aromatic rings. The molecule has 0 aromatic heterocycles. The zero-order chi connectivity index (χ0) is 8.15. The maximum absolute atomic E-state index is 10.6. The van der Waals surface area contributed by atoms with Gasteiger partial charge in [0.2, 0.25) is 0 Å². The van der Waals surface area contributed by atoms with Gasteiger partial charge in [0.05, 0.1) is 5.57 Å². The normalized spacial score (nSPS) is 12.2. The molecule has 3 heteroatoms. The SMILES string of the molecule is CC/C(N)=C(\C=O)C(C)=O. The summed E-state index contributed by atoms with van der Waals surface area (Å²) in [6.07, 6.45) is 1.04. The number of carbonyl (C=O) groups is 2. The van der Waals surface area contributed by atoms with Crippen molar-refractivity contribution in [2.45, 2.75) is 20.3 Å². The third-order valence-corrected chi connectivity index (χ3v) is 1.22. The highest BCUT2D eigenvalue weighted by Gasteiger charge is 2.04. The Bertz CT molecular complexity index is 182. The predicted molar refractivity (Wildman–Crippen MR) is 38.2 cm³/mol. The molecule has 0 rings (SSSR count). The van der Waals surface area contributed by atoms with E-state index in [1.54, 1.807) is 6.92 Å². The Labute approximate surface area is 59.9 Å². The highest BCUT2D eigenvalue weighted by Crippen LogP contribution is 2.00. The topological polar surface area (TPSA) is 60.2 Å². The predicted octanol–water partition coefficient (Wildman–Crippen LogP) is 0.397. The van der Waals surface area contributed by atoms with Crippen LogP contribution in [0, 0.1) is 0 Å². The standard InChI is InChI=1S/C7H11NO2/c1-3-7(8)6(4-9)5(2)10/h4H,3,8H2,1-2H3/b7-6-. The van der Waals surface area contributed by atoms with Gasteiger partial charge in [0, 0.05) is 5.70 Å². The summed E-state index contributed by atoms with van der Waals surface area (Å²) >= 11 is 0. The van der Waals surface area contributed by atoms with Crippen molar-refractivity contribution in [3.05, 3.63) is 11.3 Å². The summed E-state index contributed by atoms with van der Waals surface area (Å²) in [5.41, 5.74) is 5.82. The highest BCUT2D eigenvalue weighted by molar-refractivity contribution is 6.11. The van der Waals surface area contributed by atoms with Gasteiger partial charge in [-0.3, -0.25) is 9.59 Å². The second kappa shape index (κ2) is 3.82. The van der Waals surface area contributed by atoms with Crippen LogP contribution in [-0.4, -0.2) is 12.1 Å². The van der Waals surface area contributed by atoms with Crippen LogP contribution >= 0.6 is 0 Å². The Hall–Kier alpha value is -1.12. The second-order valence-electron chi connectivity index (χ2n) is 1.97. The fraction of sp³-hybridized carbons (Fsp3) is 0.429. The van der Waals surface area contributed by atoms with Gasteiger partial charge in [-0.2, -0.15) is 0 Å². The van der Waals surface area contributed by atoms with E-state index >= 15 is 0 Å². The summed E-state index contributed by atoms with van der Waals surface area (Å²) in [4.78, 5) is 20.8. The van der Waals surface area contributed by atoms with Gasteiger partial charge >= 0.3 is 0 Å². The van der Waals surface area contributed by atoms with Gasteiger partial charge in [0.1, 0.15) is 0 Å². The zero-order valence-corrected chi connectivity index (χ0v) is 6.18. The van der Waals surface area contributed by atoms with E-state index in [-0.39, 0.29) is 11.4 Å². The van der Waals surface area contributed by atoms with Crippen molar-refractivity contribution in [3.8, 4) is 0 Å². The number of hydrogen-bond acceptors (Lipinski definition) is 3. The number of rotatable bonds is 3. The minimum Gasteiger partial charge on any atom is -0.401 e. The van der Waals surface area contributed by atoms with E-state index in [2.05, 4.69) is 0 Å². The second-order valence-corrected chi connectivity index (χ2v) is 1.97. The minimum absolute atomic E-state index is 0.0995. The van der Waals surface area contributed by atoms with Gasteiger partial charge < -0.3 is 5.73 Å². The van der Waals surface area contributed by atoms with E-state index in [4.69, 9.17) is 5.73 Å². The van der Waals surface area contributed by atoms with Crippen molar-refractivity contribution < 1.29 is 9.59 Å². The molecule has 0 unspecified atom stereocenters. The van der Waals surface area contributed by atoms with Crippen molar-refractivity contribution in [2.24, 2.45) is 5.73 Å². The Morgan fingerprint density at radius 3 is 2.20 bits per heavy atom. The number of hydrogen-bond donors (Lipinski definition) is 1. The molecule has 0 aliphatic carbocycles. The number of nitrogens with two attached hydrogens (primary N) is 1. The lowest BCUT2D eigenvalue weighted by Crippen LogP contribution is -2.08. The monoisotopic (exact) mass is 141 g/mol. The van der Waals surface area contributed by atoms with Gasteiger partial charge in [-0.15, -0.1) is 0 Å². The van der Waals surface area contributed by atoms with Crippen molar-refractivity contribution >= 4 is 12.1 Å². The maximum atomic E-state index is 10.6. The molecule has 56 valence electrons. The van der Waals surface area contributed by atoms with Crippen molar-refractivity contribution in [3.63, 3.8) is 0 Å². The summed E-state index contributed by atoms with van der Waals surface area (Å²) in [7, 11) is 0. The molecule has 0 aliphatic heterocycles. The summed E-state index contributed by atoms with van der Waals surface area (Å²) < 4.78 is 0. The molecule has 0 fully saturated rings. The number of Topliss-reactive ketones (excluding diaryl/α,β-unsaturated/α-hetero) is 1. The molecule has 0 aliphatic rings. The molecule has 0 spiro atoms. The third kappa shape index (κ3) is 2.01. The fourth-order valence-corrected chi connectivity index (χ4v) is 0.575. The quantitative estimate of drug-likeness (QED) is 0.268. The number of carbonyl (C=O) groups excluding carboxylic acids is 2. The van der Waals surface area contributed by atoms with E-state index in [0.29, 0.717) is 18.4 Å². The molecule has 0 aromatic carbocycles.